The van der Waals surface area contributed by atoms with Crippen LogP contribution in [0.1, 0.15) is 0 Å². The Bertz CT molecular complexity index is 446. The zero-order valence-electron chi connectivity index (χ0n) is 8.04. The molecule has 0 saturated heterocycles. The lowest BCUT2D eigenvalue weighted by atomic mass is 10.2. The molecule has 1 aromatic carbocycles. The molecule has 1 aromatic rings. The number of terminal acetylenes is 1. The average molecular weight is 221 g/mol. The van der Waals surface area contributed by atoms with E-state index in [0.717, 1.165) is 0 Å². The molecule has 82 valence electrons. The van der Waals surface area contributed by atoms with Crippen molar-refractivity contribution >= 4 is 17.1 Å². The van der Waals surface area contributed by atoms with Gasteiger partial charge in [-0.1, -0.05) is 5.92 Å². The van der Waals surface area contributed by atoms with E-state index in [0.29, 0.717) is 0 Å². The molecule has 0 aliphatic rings. The van der Waals surface area contributed by atoms with E-state index in [1.54, 1.807) is 0 Å². The highest BCUT2D eigenvalue weighted by Crippen LogP contribution is 2.33. The van der Waals surface area contributed by atoms with Crippen molar-refractivity contribution < 1.29 is 9.85 Å². The Labute approximate surface area is 90.4 Å². The predicted octanol–water partition coefficient (Wildman–Crippen LogP) is 1.55. The molecule has 0 aliphatic heterocycles. The van der Waals surface area contributed by atoms with E-state index in [-0.39, 0.29) is 23.6 Å². The highest BCUT2D eigenvalue weighted by atomic mass is 16.6. The lowest BCUT2D eigenvalue weighted by molar-refractivity contribution is -0.392. The number of nitrogens with zero attached hydrogens (tertiary/aromatic N) is 2. The van der Waals surface area contributed by atoms with Gasteiger partial charge in [0.25, 0.3) is 11.4 Å². The van der Waals surface area contributed by atoms with Crippen LogP contribution in [0.4, 0.5) is 17.1 Å². The van der Waals surface area contributed by atoms with Gasteiger partial charge in [0, 0.05) is 12.1 Å². The number of nitro groups is 2. The Morgan fingerprint density at radius 3 is 2.12 bits per heavy atom. The SMILES string of the molecule is C#CCNc1c([N+](=O)[O-])cccc1[N+](=O)[O-]. The average Bonchev–Trinajstić information content (AvgIpc) is 2.25. The molecule has 0 heterocycles. The highest BCUT2D eigenvalue weighted by molar-refractivity contribution is 5.73. The minimum Gasteiger partial charge on any atom is -0.363 e. The third kappa shape index (κ3) is 2.24. The van der Waals surface area contributed by atoms with Crippen molar-refractivity contribution in [2.24, 2.45) is 0 Å². The van der Waals surface area contributed by atoms with E-state index in [1.807, 2.05) is 0 Å². The van der Waals surface area contributed by atoms with Gasteiger partial charge in [-0.2, -0.15) is 0 Å². The van der Waals surface area contributed by atoms with E-state index >= 15 is 0 Å². The number of anilines is 1. The fourth-order valence-electron chi connectivity index (χ4n) is 1.15. The zero-order chi connectivity index (χ0) is 12.1. The minimum absolute atomic E-state index is 0.0221. The van der Waals surface area contributed by atoms with Crippen LogP contribution in [0.2, 0.25) is 0 Å². The second-order valence-electron chi connectivity index (χ2n) is 2.74. The van der Waals surface area contributed by atoms with Crippen molar-refractivity contribution in [3.63, 3.8) is 0 Å². The molecule has 16 heavy (non-hydrogen) atoms. The highest BCUT2D eigenvalue weighted by Gasteiger charge is 2.23. The first kappa shape index (κ1) is 11.5. The molecule has 7 heteroatoms. The fraction of sp³-hybridized carbons (Fsp3) is 0.111. The Kier molecular flexibility index (Phi) is 3.40. The summed E-state index contributed by atoms with van der Waals surface area (Å²) >= 11 is 0. The standard InChI is InChI=1S/C9H7N3O4/c1-2-6-10-9-7(11(13)14)4-3-5-8(9)12(15)16/h1,3-5,10H,6H2. The summed E-state index contributed by atoms with van der Waals surface area (Å²) in [7, 11) is 0. The van der Waals surface area contributed by atoms with Crippen LogP contribution in [-0.2, 0) is 0 Å². The normalized spacial score (nSPS) is 9.19. The topological polar surface area (TPSA) is 98.3 Å². The maximum atomic E-state index is 10.7. The van der Waals surface area contributed by atoms with Crippen LogP contribution in [0.25, 0.3) is 0 Å². The molecule has 7 nitrogen and oxygen atoms in total. The molecule has 0 amide bonds. The number of hydrogen-bond donors (Lipinski definition) is 1. The van der Waals surface area contributed by atoms with Crippen LogP contribution in [-0.4, -0.2) is 16.4 Å². The van der Waals surface area contributed by atoms with Crippen molar-refractivity contribution in [3.8, 4) is 12.3 Å². The van der Waals surface area contributed by atoms with Gasteiger partial charge in [0.05, 0.1) is 16.4 Å². The van der Waals surface area contributed by atoms with Gasteiger partial charge < -0.3 is 5.32 Å². The van der Waals surface area contributed by atoms with E-state index in [2.05, 4.69) is 11.2 Å². The van der Waals surface area contributed by atoms with Crippen LogP contribution >= 0.6 is 0 Å². The third-order valence-corrected chi connectivity index (χ3v) is 1.78. The number of rotatable bonds is 4. The maximum absolute atomic E-state index is 10.7. The molecule has 0 aliphatic carbocycles. The largest absolute Gasteiger partial charge is 0.363 e. The van der Waals surface area contributed by atoms with Crippen LogP contribution in [0, 0.1) is 32.6 Å². The smallest absolute Gasteiger partial charge is 0.299 e. The molecule has 0 radical (unpaired) electrons. The van der Waals surface area contributed by atoms with E-state index in [1.165, 1.54) is 18.2 Å². The van der Waals surface area contributed by atoms with Gasteiger partial charge in [-0.25, -0.2) is 0 Å². The number of nitrogens with one attached hydrogen (secondary N) is 1. The van der Waals surface area contributed by atoms with Crippen LogP contribution < -0.4 is 5.32 Å². The minimum atomic E-state index is -0.703. The van der Waals surface area contributed by atoms with Crippen LogP contribution in [0.5, 0.6) is 0 Å². The second-order valence-corrected chi connectivity index (χ2v) is 2.74. The summed E-state index contributed by atoms with van der Waals surface area (Å²) in [4.78, 5) is 19.9. The number of para-hydroxylation sites is 1. The molecular formula is C9H7N3O4. The predicted molar refractivity (Wildman–Crippen MR) is 57.1 cm³/mol. The van der Waals surface area contributed by atoms with E-state index in [9.17, 15) is 20.2 Å². The maximum Gasteiger partial charge on any atom is 0.299 e. The molecule has 0 aromatic heterocycles. The Hall–Kier alpha value is -2.62. The van der Waals surface area contributed by atoms with Gasteiger partial charge in [-0.15, -0.1) is 6.42 Å². The van der Waals surface area contributed by atoms with Gasteiger partial charge >= 0.3 is 0 Å². The monoisotopic (exact) mass is 221 g/mol. The molecule has 0 saturated carbocycles. The molecule has 0 bridgehead atoms. The summed E-state index contributed by atoms with van der Waals surface area (Å²) in [5.41, 5.74) is -0.913. The van der Waals surface area contributed by atoms with Gasteiger partial charge in [0.15, 0.2) is 5.69 Å². The summed E-state index contributed by atoms with van der Waals surface area (Å²) < 4.78 is 0. The lowest BCUT2D eigenvalue weighted by Crippen LogP contribution is -2.05. The summed E-state index contributed by atoms with van der Waals surface area (Å²) in [5, 5.41) is 23.8. The molecule has 0 fully saturated rings. The van der Waals surface area contributed by atoms with Crippen molar-refractivity contribution in [1.82, 2.24) is 0 Å². The van der Waals surface area contributed by atoms with Crippen molar-refractivity contribution in [2.75, 3.05) is 11.9 Å². The summed E-state index contributed by atoms with van der Waals surface area (Å²) in [5.74, 6) is 2.19. The second kappa shape index (κ2) is 4.75. The van der Waals surface area contributed by atoms with Gasteiger partial charge in [0.1, 0.15) is 0 Å². The Balaban J connectivity index is 3.30. The molecule has 0 atom stereocenters. The first-order valence-electron chi connectivity index (χ1n) is 4.17. The van der Waals surface area contributed by atoms with E-state index in [4.69, 9.17) is 6.42 Å². The summed E-state index contributed by atoms with van der Waals surface area (Å²) in [6.07, 6.45) is 4.98. The molecule has 0 unspecified atom stereocenters. The van der Waals surface area contributed by atoms with Gasteiger partial charge in [-0.05, 0) is 6.07 Å². The molecular weight excluding hydrogens is 214 g/mol. The number of nitro benzene ring substituents is 2. The first-order chi connectivity index (χ1) is 7.57. The molecule has 1 N–H and O–H groups in total. The van der Waals surface area contributed by atoms with Crippen molar-refractivity contribution in [1.29, 1.82) is 0 Å². The Morgan fingerprint density at radius 2 is 1.75 bits per heavy atom. The lowest BCUT2D eigenvalue weighted by Gasteiger charge is -2.04. The van der Waals surface area contributed by atoms with Crippen molar-refractivity contribution in [2.45, 2.75) is 0 Å². The first-order valence-corrected chi connectivity index (χ1v) is 4.17. The fourth-order valence-corrected chi connectivity index (χ4v) is 1.15. The van der Waals surface area contributed by atoms with Gasteiger partial charge in [0.2, 0.25) is 0 Å². The van der Waals surface area contributed by atoms with Crippen LogP contribution in [0.15, 0.2) is 18.2 Å². The number of benzene rings is 1. The summed E-state index contributed by atoms with van der Waals surface area (Å²) in [6.45, 7) is -0.0221. The third-order valence-electron chi connectivity index (χ3n) is 1.78. The zero-order valence-corrected chi connectivity index (χ0v) is 8.04. The Morgan fingerprint density at radius 1 is 1.25 bits per heavy atom. The van der Waals surface area contributed by atoms with Gasteiger partial charge in [-0.3, -0.25) is 20.2 Å². The quantitative estimate of drug-likeness (QED) is 0.472. The molecule has 0 spiro atoms. The van der Waals surface area contributed by atoms with Crippen molar-refractivity contribution in [3.05, 3.63) is 38.4 Å². The van der Waals surface area contributed by atoms with E-state index < -0.39 is 9.85 Å². The summed E-state index contributed by atoms with van der Waals surface area (Å²) in [6, 6.07) is 3.59. The number of hydrogen-bond acceptors (Lipinski definition) is 5. The van der Waals surface area contributed by atoms with Crippen LogP contribution in [0.3, 0.4) is 0 Å². The molecule has 1 rings (SSSR count).